The Hall–Kier alpha value is -2.29. The fraction of sp³-hybridized carbons (Fsp3) is 0.316. The monoisotopic (exact) mass is 296 g/mol. The van der Waals surface area contributed by atoms with Gasteiger partial charge in [0.05, 0.1) is 14.2 Å². The van der Waals surface area contributed by atoms with Gasteiger partial charge in [0.2, 0.25) is 5.43 Å². The van der Waals surface area contributed by atoms with E-state index in [0.717, 1.165) is 41.7 Å². The summed E-state index contributed by atoms with van der Waals surface area (Å²) < 4.78 is 10.7. The molecule has 0 unspecified atom stereocenters. The number of methoxy groups -OCH3 is 2. The predicted molar refractivity (Wildman–Crippen MR) is 88.0 cm³/mol. The first-order valence-electron chi connectivity index (χ1n) is 7.53. The second-order valence-electron chi connectivity index (χ2n) is 5.63. The molecule has 0 amide bonds. The largest absolute Gasteiger partial charge is 0.496 e. The summed E-state index contributed by atoms with van der Waals surface area (Å²) >= 11 is 0. The van der Waals surface area contributed by atoms with E-state index in [1.165, 1.54) is 18.2 Å². The van der Waals surface area contributed by atoms with Crippen molar-refractivity contribution in [3.63, 3.8) is 0 Å². The van der Waals surface area contributed by atoms with Crippen LogP contribution in [0.3, 0.4) is 0 Å². The quantitative estimate of drug-likeness (QED) is 0.850. The average molecular weight is 296 g/mol. The van der Waals surface area contributed by atoms with Crippen molar-refractivity contribution in [1.82, 2.24) is 0 Å². The number of fused-ring (bicyclic) bond motifs is 3. The minimum absolute atomic E-state index is 0.0623. The second-order valence-corrected chi connectivity index (χ2v) is 5.63. The maximum absolute atomic E-state index is 12.2. The molecule has 0 heterocycles. The van der Waals surface area contributed by atoms with Crippen molar-refractivity contribution >= 4 is 0 Å². The lowest BCUT2D eigenvalue weighted by Crippen LogP contribution is -2.01. The molecule has 0 aromatic heterocycles. The Kier molecular flexibility index (Phi) is 3.88. The summed E-state index contributed by atoms with van der Waals surface area (Å²) in [4.78, 5) is 12.2. The van der Waals surface area contributed by atoms with E-state index < -0.39 is 0 Å². The third-order valence-corrected chi connectivity index (χ3v) is 4.40. The van der Waals surface area contributed by atoms with Gasteiger partial charge in [0.15, 0.2) is 5.75 Å². The highest BCUT2D eigenvalue weighted by Gasteiger charge is 2.18. The van der Waals surface area contributed by atoms with E-state index in [9.17, 15) is 4.79 Å². The van der Waals surface area contributed by atoms with Crippen molar-refractivity contribution in [1.29, 1.82) is 0 Å². The van der Waals surface area contributed by atoms with Gasteiger partial charge in [-0.05, 0) is 72.2 Å². The third-order valence-electron chi connectivity index (χ3n) is 4.40. The molecular formula is C19H20O3. The molecule has 2 aromatic rings. The Bertz CT molecular complexity index is 778. The molecule has 22 heavy (non-hydrogen) atoms. The molecule has 3 heteroatoms. The van der Waals surface area contributed by atoms with Crippen LogP contribution in [0.4, 0.5) is 0 Å². The van der Waals surface area contributed by atoms with E-state index in [2.05, 4.69) is 13.0 Å². The lowest BCUT2D eigenvalue weighted by atomic mass is 9.93. The zero-order valence-electron chi connectivity index (χ0n) is 13.2. The van der Waals surface area contributed by atoms with Crippen LogP contribution in [-0.4, -0.2) is 14.2 Å². The molecule has 1 aliphatic carbocycles. The van der Waals surface area contributed by atoms with Crippen LogP contribution in [0.15, 0.2) is 35.1 Å². The predicted octanol–water partition coefficient (Wildman–Crippen LogP) is 3.53. The Morgan fingerprint density at radius 1 is 0.909 bits per heavy atom. The van der Waals surface area contributed by atoms with E-state index >= 15 is 0 Å². The van der Waals surface area contributed by atoms with Gasteiger partial charge in [-0.3, -0.25) is 4.79 Å². The van der Waals surface area contributed by atoms with Gasteiger partial charge in [0, 0.05) is 0 Å². The van der Waals surface area contributed by atoms with Crippen LogP contribution in [0.1, 0.15) is 23.1 Å². The van der Waals surface area contributed by atoms with Crippen molar-refractivity contribution in [2.75, 3.05) is 14.2 Å². The minimum Gasteiger partial charge on any atom is -0.496 e. The number of benzene rings is 1. The topological polar surface area (TPSA) is 35.5 Å². The SMILES string of the molecule is COc1ccc2c(c1C)-c1ccc(OC)c(=O)cc1CCC2. The molecule has 1 aliphatic rings. The van der Waals surface area contributed by atoms with Gasteiger partial charge in [0.25, 0.3) is 0 Å². The average Bonchev–Trinajstić information content (AvgIpc) is 2.77. The molecule has 0 spiro atoms. The van der Waals surface area contributed by atoms with E-state index in [-0.39, 0.29) is 5.43 Å². The van der Waals surface area contributed by atoms with E-state index in [1.807, 2.05) is 12.1 Å². The summed E-state index contributed by atoms with van der Waals surface area (Å²) in [5, 5.41) is 0. The van der Waals surface area contributed by atoms with Crippen molar-refractivity contribution in [3.8, 4) is 22.6 Å². The highest BCUT2D eigenvalue weighted by Crippen LogP contribution is 2.38. The molecule has 0 fully saturated rings. The third kappa shape index (κ3) is 2.37. The Balaban J connectivity index is 2.35. The highest BCUT2D eigenvalue weighted by atomic mass is 16.5. The van der Waals surface area contributed by atoms with Crippen LogP contribution in [0.5, 0.6) is 11.5 Å². The molecular weight excluding hydrogens is 276 g/mol. The van der Waals surface area contributed by atoms with Crippen LogP contribution in [0, 0.1) is 6.92 Å². The Morgan fingerprint density at radius 2 is 1.59 bits per heavy atom. The molecule has 3 nitrogen and oxygen atoms in total. The summed E-state index contributed by atoms with van der Waals surface area (Å²) in [5.74, 6) is 1.27. The molecule has 0 radical (unpaired) electrons. The summed E-state index contributed by atoms with van der Waals surface area (Å²) in [6.45, 7) is 2.08. The van der Waals surface area contributed by atoms with Crippen LogP contribution < -0.4 is 14.9 Å². The van der Waals surface area contributed by atoms with Gasteiger partial charge >= 0.3 is 0 Å². The summed E-state index contributed by atoms with van der Waals surface area (Å²) in [6.07, 6.45) is 2.96. The maximum atomic E-state index is 12.2. The zero-order valence-corrected chi connectivity index (χ0v) is 13.2. The van der Waals surface area contributed by atoms with E-state index in [4.69, 9.17) is 9.47 Å². The minimum atomic E-state index is -0.0623. The normalized spacial score (nSPS) is 12.9. The summed E-state index contributed by atoms with van der Waals surface area (Å²) in [5.41, 5.74) is 5.78. The summed E-state index contributed by atoms with van der Waals surface area (Å²) in [7, 11) is 3.22. The van der Waals surface area contributed by atoms with Gasteiger partial charge in [-0.2, -0.15) is 0 Å². The van der Waals surface area contributed by atoms with Gasteiger partial charge in [-0.15, -0.1) is 0 Å². The molecule has 0 N–H and O–H groups in total. The first-order valence-corrected chi connectivity index (χ1v) is 7.53. The van der Waals surface area contributed by atoms with Crippen LogP contribution >= 0.6 is 0 Å². The van der Waals surface area contributed by atoms with E-state index in [1.54, 1.807) is 19.2 Å². The zero-order chi connectivity index (χ0) is 15.7. The van der Waals surface area contributed by atoms with Crippen LogP contribution in [0.25, 0.3) is 11.1 Å². The number of hydrogen-bond acceptors (Lipinski definition) is 3. The van der Waals surface area contributed by atoms with Crippen LogP contribution in [0.2, 0.25) is 0 Å². The molecule has 0 bridgehead atoms. The lowest BCUT2D eigenvalue weighted by Gasteiger charge is -2.14. The smallest absolute Gasteiger partial charge is 0.220 e. The Morgan fingerprint density at radius 3 is 2.32 bits per heavy atom. The molecule has 0 atom stereocenters. The fourth-order valence-corrected chi connectivity index (χ4v) is 3.30. The fourth-order valence-electron chi connectivity index (χ4n) is 3.30. The Labute approximate surface area is 130 Å². The lowest BCUT2D eigenvalue weighted by molar-refractivity contribution is 0.411. The van der Waals surface area contributed by atoms with Crippen molar-refractivity contribution in [2.45, 2.75) is 26.2 Å². The van der Waals surface area contributed by atoms with Gasteiger partial charge in [-0.25, -0.2) is 0 Å². The maximum Gasteiger partial charge on any atom is 0.220 e. The molecule has 3 rings (SSSR count). The molecule has 0 saturated carbocycles. The number of rotatable bonds is 2. The standard InChI is InChI=1S/C19H20O3/c1-12-17(21-2)9-7-13-5-4-6-14-11-16(20)18(22-3)10-8-15(14)19(12)13/h7-11H,4-6H2,1-3H3. The summed E-state index contributed by atoms with van der Waals surface area (Å²) in [6, 6.07) is 9.67. The molecule has 114 valence electrons. The van der Waals surface area contributed by atoms with E-state index in [0.29, 0.717) is 5.75 Å². The highest BCUT2D eigenvalue weighted by molar-refractivity contribution is 5.76. The van der Waals surface area contributed by atoms with Gasteiger partial charge < -0.3 is 9.47 Å². The molecule has 2 aromatic carbocycles. The number of hydrogen-bond donors (Lipinski definition) is 0. The second kappa shape index (κ2) is 5.84. The molecule has 0 saturated heterocycles. The number of aryl methyl sites for hydroxylation is 2. The first-order chi connectivity index (χ1) is 10.7. The van der Waals surface area contributed by atoms with Crippen molar-refractivity contribution in [3.05, 3.63) is 57.2 Å². The van der Waals surface area contributed by atoms with Gasteiger partial charge in [0.1, 0.15) is 5.75 Å². The van der Waals surface area contributed by atoms with Crippen molar-refractivity contribution in [2.24, 2.45) is 0 Å². The van der Waals surface area contributed by atoms with Crippen molar-refractivity contribution < 1.29 is 9.47 Å². The number of ether oxygens (including phenoxy) is 2. The first kappa shape index (κ1) is 14.6. The van der Waals surface area contributed by atoms with Gasteiger partial charge in [-0.1, -0.05) is 12.1 Å². The van der Waals surface area contributed by atoms with Crippen LogP contribution in [-0.2, 0) is 12.8 Å². The molecule has 0 aliphatic heterocycles.